The van der Waals surface area contributed by atoms with Crippen LogP contribution in [0.4, 0.5) is 0 Å². The van der Waals surface area contributed by atoms with Gasteiger partial charge in [-0.2, -0.15) is 0 Å². The van der Waals surface area contributed by atoms with Gasteiger partial charge in [0, 0.05) is 5.39 Å². The molecule has 0 bridgehead atoms. The van der Waals surface area contributed by atoms with Crippen molar-refractivity contribution in [3.8, 4) is 11.5 Å². The summed E-state index contributed by atoms with van der Waals surface area (Å²) in [5.74, 6) is 1.30. The highest BCUT2D eigenvalue weighted by Gasteiger charge is 2.12. The molecule has 0 aromatic heterocycles. The Morgan fingerprint density at radius 3 is 2.38 bits per heavy atom. The molecule has 3 aromatic rings. The summed E-state index contributed by atoms with van der Waals surface area (Å²) in [5.41, 5.74) is 6.31. The summed E-state index contributed by atoms with van der Waals surface area (Å²) < 4.78 is 6.01. The fourth-order valence-electron chi connectivity index (χ4n) is 2.23. The molecule has 0 atom stereocenters. The molecular formula is C17H12ClNOS. The summed E-state index contributed by atoms with van der Waals surface area (Å²) in [6, 6.07) is 19.3. The maximum Gasteiger partial charge on any atom is 0.139 e. The van der Waals surface area contributed by atoms with E-state index in [1.54, 1.807) is 6.07 Å². The largest absolute Gasteiger partial charge is 0.456 e. The minimum atomic E-state index is 0.218. The van der Waals surface area contributed by atoms with E-state index in [9.17, 15) is 0 Å². The molecule has 0 aliphatic heterocycles. The van der Waals surface area contributed by atoms with Crippen LogP contribution in [0.3, 0.4) is 0 Å². The zero-order valence-electron chi connectivity index (χ0n) is 11.0. The number of nitrogens with two attached hydrogens (primary N) is 1. The molecule has 0 aliphatic rings. The van der Waals surface area contributed by atoms with Gasteiger partial charge in [0.05, 0.1) is 10.6 Å². The number of hydrogen-bond donors (Lipinski definition) is 1. The van der Waals surface area contributed by atoms with Crippen LogP contribution >= 0.6 is 23.8 Å². The molecule has 0 unspecified atom stereocenters. The minimum absolute atomic E-state index is 0.218. The third kappa shape index (κ3) is 2.71. The summed E-state index contributed by atoms with van der Waals surface area (Å²) in [7, 11) is 0. The van der Waals surface area contributed by atoms with Crippen molar-refractivity contribution >= 4 is 39.6 Å². The summed E-state index contributed by atoms with van der Waals surface area (Å²) in [6.07, 6.45) is 0. The topological polar surface area (TPSA) is 35.2 Å². The van der Waals surface area contributed by atoms with Crippen LogP contribution in [0.1, 0.15) is 5.56 Å². The molecule has 2 N–H and O–H groups in total. The van der Waals surface area contributed by atoms with Crippen molar-refractivity contribution < 1.29 is 4.74 Å². The highest BCUT2D eigenvalue weighted by atomic mass is 35.5. The zero-order valence-corrected chi connectivity index (χ0v) is 12.6. The monoisotopic (exact) mass is 313 g/mol. The zero-order chi connectivity index (χ0) is 14.8. The van der Waals surface area contributed by atoms with Gasteiger partial charge in [-0.3, -0.25) is 0 Å². The van der Waals surface area contributed by atoms with Gasteiger partial charge in [-0.15, -0.1) is 0 Å². The van der Waals surface area contributed by atoms with Gasteiger partial charge in [0.15, 0.2) is 0 Å². The van der Waals surface area contributed by atoms with Crippen LogP contribution in [0.25, 0.3) is 10.8 Å². The molecule has 0 saturated heterocycles. The fourth-order valence-corrected chi connectivity index (χ4v) is 2.77. The first-order valence-electron chi connectivity index (χ1n) is 6.41. The summed E-state index contributed by atoms with van der Waals surface area (Å²) in [6.45, 7) is 0. The Morgan fingerprint density at radius 1 is 0.905 bits per heavy atom. The van der Waals surface area contributed by atoms with Gasteiger partial charge in [0.2, 0.25) is 0 Å². The second kappa shape index (κ2) is 5.72. The molecule has 3 rings (SSSR count). The molecule has 21 heavy (non-hydrogen) atoms. The van der Waals surface area contributed by atoms with E-state index in [2.05, 4.69) is 0 Å². The van der Waals surface area contributed by atoms with E-state index in [1.165, 1.54) is 0 Å². The van der Waals surface area contributed by atoms with Crippen molar-refractivity contribution in [1.29, 1.82) is 0 Å². The average Bonchev–Trinajstić information content (AvgIpc) is 2.47. The van der Waals surface area contributed by atoms with Crippen molar-refractivity contribution in [2.24, 2.45) is 5.73 Å². The number of rotatable bonds is 3. The Balaban J connectivity index is 2.12. The standard InChI is InChI=1S/C17H12ClNOS/c18-13-8-4-10-15(16(13)17(19)21)20-14-9-3-6-11-5-1-2-7-12(11)14/h1-10H,(H2,19,21). The van der Waals surface area contributed by atoms with Crippen LogP contribution in [0.2, 0.25) is 5.02 Å². The molecule has 2 nitrogen and oxygen atoms in total. The molecular weight excluding hydrogens is 302 g/mol. The fraction of sp³-hybridized carbons (Fsp3) is 0. The van der Waals surface area contributed by atoms with Crippen LogP contribution in [-0.2, 0) is 0 Å². The lowest BCUT2D eigenvalue weighted by atomic mass is 10.1. The van der Waals surface area contributed by atoms with E-state index < -0.39 is 0 Å². The van der Waals surface area contributed by atoms with Gasteiger partial charge in [-0.25, -0.2) is 0 Å². The van der Waals surface area contributed by atoms with Gasteiger partial charge in [-0.05, 0) is 23.6 Å². The number of hydrogen-bond acceptors (Lipinski definition) is 2. The highest BCUT2D eigenvalue weighted by Crippen LogP contribution is 2.34. The van der Waals surface area contributed by atoms with E-state index in [4.69, 9.17) is 34.3 Å². The molecule has 0 aliphatic carbocycles. The van der Waals surface area contributed by atoms with Gasteiger partial charge >= 0.3 is 0 Å². The number of benzene rings is 3. The first-order valence-corrected chi connectivity index (χ1v) is 7.19. The van der Waals surface area contributed by atoms with E-state index >= 15 is 0 Å². The summed E-state index contributed by atoms with van der Waals surface area (Å²) in [5, 5.41) is 2.61. The van der Waals surface area contributed by atoms with Crippen molar-refractivity contribution in [2.75, 3.05) is 0 Å². The third-order valence-corrected chi connectivity index (χ3v) is 3.71. The SMILES string of the molecule is NC(=S)c1c(Cl)cccc1Oc1cccc2ccccc12. The smallest absolute Gasteiger partial charge is 0.139 e. The Kier molecular flexibility index (Phi) is 3.78. The Morgan fingerprint density at radius 2 is 1.57 bits per heavy atom. The van der Waals surface area contributed by atoms with E-state index in [1.807, 2.05) is 54.6 Å². The summed E-state index contributed by atoms with van der Waals surface area (Å²) >= 11 is 11.2. The molecule has 3 aromatic carbocycles. The first-order chi connectivity index (χ1) is 10.2. The van der Waals surface area contributed by atoms with E-state index in [-0.39, 0.29) is 4.99 Å². The number of halogens is 1. The van der Waals surface area contributed by atoms with Crippen LogP contribution in [-0.4, -0.2) is 4.99 Å². The van der Waals surface area contributed by atoms with Crippen molar-refractivity contribution in [3.63, 3.8) is 0 Å². The minimum Gasteiger partial charge on any atom is -0.456 e. The van der Waals surface area contributed by atoms with E-state index in [0.29, 0.717) is 16.3 Å². The third-order valence-electron chi connectivity index (χ3n) is 3.19. The van der Waals surface area contributed by atoms with Crippen LogP contribution < -0.4 is 10.5 Å². The molecule has 0 amide bonds. The molecule has 0 radical (unpaired) electrons. The predicted octanol–water partition coefficient (Wildman–Crippen LogP) is 4.92. The Bertz CT molecular complexity index is 827. The molecule has 0 saturated carbocycles. The quantitative estimate of drug-likeness (QED) is 0.697. The number of thiocarbonyl (C=S) groups is 1. The molecule has 0 heterocycles. The second-order valence-corrected chi connectivity index (χ2v) is 5.40. The maximum atomic E-state index is 6.16. The van der Waals surface area contributed by atoms with Crippen molar-refractivity contribution in [1.82, 2.24) is 0 Å². The van der Waals surface area contributed by atoms with Crippen LogP contribution in [0.15, 0.2) is 60.7 Å². The number of ether oxygens (including phenoxy) is 1. The van der Waals surface area contributed by atoms with Gasteiger partial charge in [0.1, 0.15) is 16.5 Å². The van der Waals surface area contributed by atoms with E-state index in [0.717, 1.165) is 16.5 Å². The maximum absolute atomic E-state index is 6.16. The normalized spacial score (nSPS) is 10.5. The summed E-state index contributed by atoms with van der Waals surface area (Å²) in [4.78, 5) is 0.218. The average molecular weight is 314 g/mol. The lowest BCUT2D eigenvalue weighted by molar-refractivity contribution is 0.487. The van der Waals surface area contributed by atoms with Gasteiger partial charge in [-0.1, -0.05) is 66.3 Å². The van der Waals surface area contributed by atoms with Gasteiger partial charge in [0.25, 0.3) is 0 Å². The Labute approximate surface area is 133 Å². The molecule has 104 valence electrons. The lowest BCUT2D eigenvalue weighted by Gasteiger charge is -2.13. The van der Waals surface area contributed by atoms with Crippen molar-refractivity contribution in [2.45, 2.75) is 0 Å². The lowest BCUT2D eigenvalue weighted by Crippen LogP contribution is -2.11. The Hall–Kier alpha value is -2.10. The molecule has 0 fully saturated rings. The van der Waals surface area contributed by atoms with Gasteiger partial charge < -0.3 is 10.5 Å². The molecule has 4 heteroatoms. The van der Waals surface area contributed by atoms with Crippen molar-refractivity contribution in [3.05, 3.63) is 71.2 Å². The van der Waals surface area contributed by atoms with Crippen LogP contribution in [0, 0.1) is 0 Å². The number of fused-ring (bicyclic) bond motifs is 1. The molecule has 0 spiro atoms. The predicted molar refractivity (Wildman–Crippen MR) is 91.4 cm³/mol. The second-order valence-electron chi connectivity index (χ2n) is 4.56. The van der Waals surface area contributed by atoms with Crippen LogP contribution in [0.5, 0.6) is 11.5 Å². The highest BCUT2D eigenvalue weighted by molar-refractivity contribution is 7.80. The first kappa shape index (κ1) is 13.9.